The van der Waals surface area contributed by atoms with E-state index in [0.29, 0.717) is 36.7 Å². The van der Waals surface area contributed by atoms with E-state index in [9.17, 15) is 9.59 Å². The van der Waals surface area contributed by atoms with Gasteiger partial charge in [0.15, 0.2) is 0 Å². The van der Waals surface area contributed by atoms with Crippen LogP contribution >= 0.6 is 23.4 Å². The first-order valence-electron chi connectivity index (χ1n) is 10.6. The largest absolute Gasteiger partial charge is 0.497 e. The van der Waals surface area contributed by atoms with Crippen LogP contribution in [-0.2, 0) is 16.1 Å². The molecular weight excluding hydrogens is 432 g/mol. The first-order valence-corrected chi connectivity index (χ1v) is 11.9. The van der Waals surface area contributed by atoms with Crippen molar-refractivity contribution < 1.29 is 14.3 Å². The Bertz CT molecular complexity index is 845. The molecule has 0 aliphatic rings. The summed E-state index contributed by atoms with van der Waals surface area (Å²) in [7, 11) is 1.61. The monoisotopic (exact) mass is 462 g/mol. The van der Waals surface area contributed by atoms with Crippen molar-refractivity contribution in [2.24, 2.45) is 0 Å². The smallest absolute Gasteiger partial charge is 0.242 e. The number of carbonyl (C=O) groups excluding carboxylic acids is 2. The van der Waals surface area contributed by atoms with E-state index in [4.69, 9.17) is 16.3 Å². The van der Waals surface area contributed by atoms with Crippen molar-refractivity contribution in [1.82, 2.24) is 10.2 Å². The Morgan fingerprint density at radius 1 is 1.16 bits per heavy atom. The number of hydrogen-bond acceptors (Lipinski definition) is 4. The lowest BCUT2D eigenvalue weighted by Crippen LogP contribution is -2.49. The van der Waals surface area contributed by atoms with Crippen LogP contribution < -0.4 is 10.1 Å². The van der Waals surface area contributed by atoms with Gasteiger partial charge in [-0.2, -0.15) is 0 Å². The highest BCUT2D eigenvalue weighted by Crippen LogP contribution is 2.23. The summed E-state index contributed by atoms with van der Waals surface area (Å²) in [6.45, 7) is 4.90. The van der Waals surface area contributed by atoms with Gasteiger partial charge in [-0.25, -0.2) is 0 Å². The third kappa shape index (κ3) is 8.11. The third-order valence-electron chi connectivity index (χ3n) is 4.82. The Kier molecular flexibility index (Phi) is 10.7. The molecule has 0 spiro atoms. The summed E-state index contributed by atoms with van der Waals surface area (Å²) in [6.07, 6.45) is 1.74. The maximum absolute atomic E-state index is 13.2. The molecule has 2 aromatic rings. The molecule has 0 fully saturated rings. The van der Waals surface area contributed by atoms with Crippen LogP contribution in [0.3, 0.4) is 0 Å². The Hall–Kier alpha value is -2.18. The van der Waals surface area contributed by atoms with Gasteiger partial charge >= 0.3 is 0 Å². The van der Waals surface area contributed by atoms with Gasteiger partial charge in [0.05, 0.1) is 7.11 Å². The van der Waals surface area contributed by atoms with E-state index in [0.717, 1.165) is 22.6 Å². The number of carbonyl (C=O) groups is 2. The molecule has 1 N–H and O–H groups in total. The fraction of sp³-hybridized carbons (Fsp3) is 0.417. The molecule has 2 aromatic carbocycles. The summed E-state index contributed by atoms with van der Waals surface area (Å²) in [5, 5.41) is 3.63. The predicted molar refractivity (Wildman–Crippen MR) is 128 cm³/mol. The molecule has 0 aliphatic heterocycles. The number of nitrogens with zero attached hydrogens (tertiary/aromatic N) is 1. The summed E-state index contributed by atoms with van der Waals surface area (Å²) >= 11 is 7.54. The molecule has 0 radical (unpaired) electrons. The number of nitrogens with one attached hydrogen (secondary N) is 1. The lowest BCUT2D eigenvalue weighted by atomic mass is 10.1. The minimum absolute atomic E-state index is 0.0391. The molecular formula is C24H31ClN2O3S. The lowest BCUT2D eigenvalue weighted by molar-refractivity contribution is -0.141. The zero-order valence-corrected chi connectivity index (χ0v) is 20.0. The van der Waals surface area contributed by atoms with Crippen molar-refractivity contribution in [3.63, 3.8) is 0 Å². The van der Waals surface area contributed by atoms with E-state index in [1.165, 1.54) is 0 Å². The van der Waals surface area contributed by atoms with Gasteiger partial charge in [-0.3, -0.25) is 9.59 Å². The van der Waals surface area contributed by atoms with Crippen LogP contribution in [0.4, 0.5) is 0 Å². The number of ether oxygens (including phenoxy) is 1. The molecule has 0 heterocycles. The second kappa shape index (κ2) is 13.3. The van der Waals surface area contributed by atoms with Crippen LogP contribution in [0.1, 0.15) is 38.7 Å². The Labute approximate surface area is 194 Å². The number of halogens is 1. The highest BCUT2D eigenvalue weighted by Gasteiger charge is 2.28. The number of thioether (sulfide) groups is 1. The highest BCUT2D eigenvalue weighted by atomic mass is 35.5. The molecule has 0 unspecified atom stereocenters. The predicted octanol–water partition coefficient (Wildman–Crippen LogP) is 5.16. The lowest BCUT2D eigenvalue weighted by Gasteiger charge is -2.30. The van der Waals surface area contributed by atoms with Crippen LogP contribution in [0.15, 0.2) is 53.4 Å². The molecule has 0 aliphatic carbocycles. The normalized spacial score (nSPS) is 11.6. The highest BCUT2D eigenvalue weighted by molar-refractivity contribution is 7.99. The summed E-state index contributed by atoms with van der Waals surface area (Å²) in [4.78, 5) is 28.7. The van der Waals surface area contributed by atoms with Crippen molar-refractivity contribution in [2.45, 2.75) is 50.6 Å². The fourth-order valence-corrected chi connectivity index (χ4v) is 4.15. The maximum Gasteiger partial charge on any atom is 0.242 e. The van der Waals surface area contributed by atoms with Crippen molar-refractivity contribution >= 4 is 35.2 Å². The number of methoxy groups -OCH3 is 1. The van der Waals surface area contributed by atoms with E-state index >= 15 is 0 Å². The van der Waals surface area contributed by atoms with Crippen molar-refractivity contribution in [2.75, 3.05) is 19.4 Å². The van der Waals surface area contributed by atoms with Crippen LogP contribution in [0.5, 0.6) is 5.75 Å². The molecule has 0 saturated carbocycles. The van der Waals surface area contributed by atoms with Gasteiger partial charge in [-0.05, 0) is 54.8 Å². The van der Waals surface area contributed by atoms with E-state index in [1.807, 2.05) is 62.4 Å². The summed E-state index contributed by atoms with van der Waals surface area (Å²) < 4.78 is 5.31. The average Bonchev–Trinajstić information content (AvgIpc) is 2.78. The van der Waals surface area contributed by atoms with Crippen LogP contribution in [0, 0.1) is 0 Å². The zero-order valence-electron chi connectivity index (χ0n) is 18.4. The molecule has 0 bridgehead atoms. The van der Waals surface area contributed by atoms with E-state index in [-0.39, 0.29) is 11.8 Å². The SMILES string of the molecule is CCCNC(=O)[C@H](CC)N(Cc1cccc(OC)c1)C(=O)CCSc1ccc(Cl)cc1. The second-order valence-electron chi connectivity index (χ2n) is 7.14. The third-order valence-corrected chi connectivity index (χ3v) is 6.09. The topological polar surface area (TPSA) is 58.6 Å². The molecule has 2 amide bonds. The zero-order chi connectivity index (χ0) is 22.6. The quantitative estimate of drug-likeness (QED) is 0.442. The molecule has 31 heavy (non-hydrogen) atoms. The van der Waals surface area contributed by atoms with E-state index in [1.54, 1.807) is 23.8 Å². The first kappa shape index (κ1) is 25.1. The molecule has 168 valence electrons. The van der Waals surface area contributed by atoms with Gasteiger partial charge in [-0.1, -0.05) is 37.6 Å². The van der Waals surface area contributed by atoms with Crippen molar-refractivity contribution in [3.8, 4) is 5.75 Å². The van der Waals surface area contributed by atoms with Gasteiger partial charge in [0.25, 0.3) is 0 Å². The first-order chi connectivity index (χ1) is 15.0. The van der Waals surface area contributed by atoms with Crippen LogP contribution in [0.2, 0.25) is 5.02 Å². The van der Waals surface area contributed by atoms with Crippen LogP contribution in [-0.4, -0.2) is 42.2 Å². The second-order valence-corrected chi connectivity index (χ2v) is 8.75. The molecule has 0 aromatic heterocycles. The number of rotatable bonds is 12. The number of benzene rings is 2. The van der Waals surface area contributed by atoms with Gasteiger partial charge in [0.1, 0.15) is 11.8 Å². The summed E-state index contributed by atoms with van der Waals surface area (Å²) in [5.74, 6) is 1.21. The van der Waals surface area contributed by atoms with Crippen molar-refractivity contribution in [1.29, 1.82) is 0 Å². The molecule has 1 atom stereocenters. The van der Waals surface area contributed by atoms with E-state index < -0.39 is 6.04 Å². The Balaban J connectivity index is 2.12. The Morgan fingerprint density at radius 3 is 2.55 bits per heavy atom. The Morgan fingerprint density at radius 2 is 1.90 bits per heavy atom. The molecule has 0 saturated heterocycles. The molecule has 2 rings (SSSR count). The van der Waals surface area contributed by atoms with Gasteiger partial charge in [0, 0.05) is 35.2 Å². The van der Waals surface area contributed by atoms with E-state index in [2.05, 4.69) is 5.32 Å². The molecule has 5 nitrogen and oxygen atoms in total. The minimum atomic E-state index is -0.509. The standard InChI is InChI=1S/C24H31ClN2O3S/c1-4-14-26-24(29)22(5-2)27(17-18-7-6-8-20(16-18)30-3)23(28)13-15-31-21-11-9-19(25)10-12-21/h6-12,16,22H,4-5,13-15,17H2,1-3H3,(H,26,29)/t22-/m0/s1. The number of amides is 2. The summed E-state index contributed by atoms with van der Waals surface area (Å²) in [5.41, 5.74) is 0.930. The fourth-order valence-electron chi connectivity index (χ4n) is 3.18. The maximum atomic E-state index is 13.2. The number of hydrogen-bond donors (Lipinski definition) is 1. The molecule has 7 heteroatoms. The van der Waals surface area contributed by atoms with Gasteiger partial charge < -0.3 is 15.0 Å². The van der Waals surface area contributed by atoms with Gasteiger partial charge in [0.2, 0.25) is 11.8 Å². The average molecular weight is 463 g/mol. The van der Waals surface area contributed by atoms with Crippen molar-refractivity contribution in [3.05, 3.63) is 59.1 Å². The van der Waals surface area contributed by atoms with Gasteiger partial charge in [-0.15, -0.1) is 11.8 Å². The summed E-state index contributed by atoms with van der Waals surface area (Å²) in [6, 6.07) is 14.7. The van der Waals surface area contributed by atoms with Crippen LogP contribution in [0.25, 0.3) is 0 Å². The minimum Gasteiger partial charge on any atom is -0.497 e.